The molecule has 3 aromatic carbocycles. The van der Waals surface area contributed by atoms with Gasteiger partial charge in [-0.1, -0.05) is 42.5 Å². The molecule has 1 unspecified atom stereocenters. The normalized spacial score (nSPS) is 12.0. The molecule has 0 amide bonds. The van der Waals surface area contributed by atoms with Crippen molar-refractivity contribution in [3.8, 4) is 23.0 Å². The van der Waals surface area contributed by atoms with E-state index in [0.29, 0.717) is 42.6 Å². The van der Waals surface area contributed by atoms with Gasteiger partial charge in [0, 0.05) is 23.3 Å². The molecule has 0 aliphatic heterocycles. The number of phenolic OH excluding ortho intramolecular Hbond substituents is 1. The molecule has 0 saturated carbocycles. The molecule has 0 aliphatic rings. The summed E-state index contributed by atoms with van der Waals surface area (Å²) in [6.07, 6.45) is 2.54. The highest BCUT2D eigenvalue weighted by atomic mass is 16.5. The van der Waals surface area contributed by atoms with E-state index in [1.54, 1.807) is 42.5 Å². The maximum atomic E-state index is 10.9. The molecule has 0 saturated heterocycles. The third-order valence-electron chi connectivity index (χ3n) is 4.61. The Balaban J connectivity index is 1.83. The van der Waals surface area contributed by atoms with Crippen molar-refractivity contribution in [1.29, 1.82) is 0 Å². The summed E-state index contributed by atoms with van der Waals surface area (Å²) >= 11 is 0. The largest absolute Gasteiger partial charge is 0.508 e. The predicted octanol–water partition coefficient (Wildman–Crippen LogP) is 5.52. The molecule has 162 valence electrons. The molecule has 3 rings (SSSR count). The van der Waals surface area contributed by atoms with Crippen molar-refractivity contribution in [2.75, 3.05) is 13.2 Å². The lowest BCUT2D eigenvalue weighted by Gasteiger charge is -2.16. The van der Waals surface area contributed by atoms with Crippen LogP contribution in [0.3, 0.4) is 0 Å². The first-order valence-electron chi connectivity index (χ1n) is 10.4. The van der Waals surface area contributed by atoms with Gasteiger partial charge in [0.15, 0.2) is 0 Å². The molecule has 5 heteroatoms. The number of phenols is 1. The van der Waals surface area contributed by atoms with Crippen molar-refractivity contribution in [2.45, 2.75) is 26.6 Å². The molecule has 0 fully saturated rings. The summed E-state index contributed by atoms with van der Waals surface area (Å²) in [5, 5.41) is 20.6. The lowest BCUT2D eigenvalue weighted by atomic mass is 10.1. The molecular weight excluding hydrogens is 392 g/mol. The van der Waals surface area contributed by atoms with Gasteiger partial charge in [0.05, 0.1) is 13.2 Å². The molecule has 0 bridgehead atoms. The zero-order valence-electron chi connectivity index (χ0n) is 17.8. The van der Waals surface area contributed by atoms with Gasteiger partial charge in [0.2, 0.25) is 0 Å². The van der Waals surface area contributed by atoms with Gasteiger partial charge in [0.1, 0.15) is 35.7 Å². The molecule has 31 heavy (non-hydrogen) atoms. The minimum atomic E-state index is -0.898. The van der Waals surface area contributed by atoms with Crippen LogP contribution in [0, 0.1) is 0 Å². The van der Waals surface area contributed by atoms with Gasteiger partial charge in [0.25, 0.3) is 0 Å². The minimum absolute atomic E-state index is 0.129. The minimum Gasteiger partial charge on any atom is -0.508 e. The fourth-order valence-corrected chi connectivity index (χ4v) is 3.12. The number of hydrogen-bond acceptors (Lipinski definition) is 5. The number of benzene rings is 3. The Kier molecular flexibility index (Phi) is 7.96. The molecule has 0 spiro atoms. The van der Waals surface area contributed by atoms with Gasteiger partial charge in [-0.15, -0.1) is 0 Å². The van der Waals surface area contributed by atoms with Crippen LogP contribution in [0.25, 0.3) is 6.08 Å². The average molecular weight is 421 g/mol. The van der Waals surface area contributed by atoms with Crippen molar-refractivity contribution < 1.29 is 24.4 Å². The number of ether oxygens (including phenoxy) is 3. The highest BCUT2D eigenvalue weighted by Crippen LogP contribution is 2.32. The number of aliphatic hydroxyl groups is 1. The lowest BCUT2D eigenvalue weighted by molar-refractivity contribution is 0.216. The molecule has 0 heterocycles. The van der Waals surface area contributed by atoms with E-state index in [4.69, 9.17) is 14.2 Å². The van der Waals surface area contributed by atoms with E-state index in [2.05, 4.69) is 0 Å². The summed E-state index contributed by atoms with van der Waals surface area (Å²) in [5.41, 5.74) is 2.43. The van der Waals surface area contributed by atoms with Crippen LogP contribution in [0.2, 0.25) is 0 Å². The van der Waals surface area contributed by atoms with Gasteiger partial charge < -0.3 is 24.4 Å². The first-order valence-corrected chi connectivity index (χ1v) is 10.4. The van der Waals surface area contributed by atoms with Crippen LogP contribution in [-0.4, -0.2) is 23.4 Å². The quantitative estimate of drug-likeness (QED) is 0.452. The Hall–Kier alpha value is -3.44. The van der Waals surface area contributed by atoms with Crippen LogP contribution >= 0.6 is 0 Å². The summed E-state index contributed by atoms with van der Waals surface area (Å²) in [6.45, 7) is 5.20. The third kappa shape index (κ3) is 6.27. The van der Waals surface area contributed by atoms with E-state index in [0.717, 1.165) is 11.1 Å². The van der Waals surface area contributed by atoms with E-state index < -0.39 is 6.10 Å². The molecule has 1 atom stereocenters. The van der Waals surface area contributed by atoms with Crippen LogP contribution < -0.4 is 14.2 Å². The zero-order valence-corrected chi connectivity index (χ0v) is 17.8. The van der Waals surface area contributed by atoms with Crippen LogP contribution in [0.4, 0.5) is 0 Å². The van der Waals surface area contributed by atoms with Crippen molar-refractivity contribution in [2.24, 2.45) is 0 Å². The standard InChI is InChI=1S/C26H28O5/c1-3-29-22-13-14-23(26(17-22)31-18-19-8-6-5-7-9-19)24(28)15-11-20-10-12-21(27)16-25(20)30-4-2/h5-17,24,27-28H,3-4,18H2,1-2H3. The summed E-state index contributed by atoms with van der Waals surface area (Å²) in [5.74, 6) is 1.92. The molecule has 0 aromatic heterocycles. The number of aliphatic hydroxyl groups excluding tert-OH is 1. The summed E-state index contributed by atoms with van der Waals surface area (Å²) in [7, 11) is 0. The van der Waals surface area contributed by atoms with Gasteiger partial charge in [-0.25, -0.2) is 0 Å². The molecular formula is C26H28O5. The van der Waals surface area contributed by atoms with Crippen LogP contribution in [-0.2, 0) is 6.61 Å². The van der Waals surface area contributed by atoms with Crippen molar-refractivity contribution >= 4 is 6.08 Å². The number of aromatic hydroxyl groups is 1. The first-order chi connectivity index (χ1) is 15.1. The average Bonchev–Trinajstić information content (AvgIpc) is 2.78. The van der Waals surface area contributed by atoms with Gasteiger partial charge in [-0.3, -0.25) is 0 Å². The number of hydrogen-bond donors (Lipinski definition) is 2. The zero-order chi connectivity index (χ0) is 22.1. The lowest BCUT2D eigenvalue weighted by Crippen LogP contribution is -2.03. The van der Waals surface area contributed by atoms with Crippen LogP contribution in [0.5, 0.6) is 23.0 Å². The Bertz CT molecular complexity index is 998. The number of rotatable bonds is 10. The summed E-state index contributed by atoms with van der Waals surface area (Å²) in [4.78, 5) is 0. The van der Waals surface area contributed by atoms with Gasteiger partial charge in [-0.05, 0) is 43.7 Å². The second-order valence-electron chi connectivity index (χ2n) is 6.87. The van der Waals surface area contributed by atoms with E-state index in [1.165, 1.54) is 0 Å². The fraction of sp³-hybridized carbons (Fsp3) is 0.231. The van der Waals surface area contributed by atoms with E-state index in [-0.39, 0.29) is 5.75 Å². The summed E-state index contributed by atoms with van der Waals surface area (Å²) < 4.78 is 17.2. The molecule has 5 nitrogen and oxygen atoms in total. The second kappa shape index (κ2) is 11.1. The Morgan fingerprint density at radius 3 is 2.35 bits per heavy atom. The van der Waals surface area contributed by atoms with Crippen LogP contribution in [0.1, 0.15) is 36.6 Å². The van der Waals surface area contributed by atoms with Crippen molar-refractivity contribution in [3.05, 3.63) is 89.5 Å². The molecule has 2 N–H and O–H groups in total. The SMILES string of the molecule is CCOc1ccc(C(O)C=Cc2ccc(O)cc2OCC)c(OCc2ccccc2)c1. The smallest absolute Gasteiger partial charge is 0.130 e. The van der Waals surface area contributed by atoms with Crippen molar-refractivity contribution in [3.63, 3.8) is 0 Å². The summed E-state index contributed by atoms with van der Waals surface area (Å²) in [6, 6.07) is 20.2. The Morgan fingerprint density at radius 1 is 0.839 bits per heavy atom. The predicted molar refractivity (Wildman–Crippen MR) is 122 cm³/mol. The van der Waals surface area contributed by atoms with E-state index in [9.17, 15) is 10.2 Å². The highest BCUT2D eigenvalue weighted by molar-refractivity contribution is 5.60. The van der Waals surface area contributed by atoms with Gasteiger partial charge in [-0.2, -0.15) is 0 Å². The molecule has 0 aliphatic carbocycles. The first kappa shape index (κ1) is 22.2. The van der Waals surface area contributed by atoms with Crippen LogP contribution in [0.15, 0.2) is 72.8 Å². The van der Waals surface area contributed by atoms with E-state index in [1.807, 2.05) is 50.2 Å². The fourth-order valence-electron chi connectivity index (χ4n) is 3.12. The maximum Gasteiger partial charge on any atom is 0.130 e. The topological polar surface area (TPSA) is 68.2 Å². The molecule has 0 radical (unpaired) electrons. The maximum absolute atomic E-state index is 10.9. The Labute approximate surface area is 183 Å². The second-order valence-corrected chi connectivity index (χ2v) is 6.87. The Morgan fingerprint density at radius 2 is 1.61 bits per heavy atom. The van der Waals surface area contributed by atoms with Crippen molar-refractivity contribution in [1.82, 2.24) is 0 Å². The third-order valence-corrected chi connectivity index (χ3v) is 4.61. The van der Waals surface area contributed by atoms with E-state index >= 15 is 0 Å². The highest BCUT2D eigenvalue weighted by Gasteiger charge is 2.14. The molecule has 3 aromatic rings. The van der Waals surface area contributed by atoms with Gasteiger partial charge >= 0.3 is 0 Å². The monoisotopic (exact) mass is 420 g/mol.